The van der Waals surface area contributed by atoms with Crippen molar-refractivity contribution in [3.05, 3.63) is 34.9 Å². The monoisotopic (exact) mass is 304 g/mol. The first-order valence-electron chi connectivity index (χ1n) is 7.68. The van der Waals surface area contributed by atoms with Gasteiger partial charge in [-0.05, 0) is 52.7 Å². The third-order valence-electron chi connectivity index (χ3n) is 4.82. The van der Waals surface area contributed by atoms with Crippen molar-refractivity contribution in [1.29, 1.82) is 0 Å². The van der Waals surface area contributed by atoms with Gasteiger partial charge in [0.1, 0.15) is 0 Å². The summed E-state index contributed by atoms with van der Waals surface area (Å²) >= 11 is 0. The highest BCUT2D eigenvalue weighted by atomic mass is 16.7. The molecule has 120 valence electrons. The molecule has 1 aliphatic rings. The Morgan fingerprint density at radius 1 is 1.18 bits per heavy atom. The fraction of sp³-hybridized carbons (Fsp3) is 0.588. The van der Waals surface area contributed by atoms with Crippen molar-refractivity contribution < 1.29 is 19.2 Å². The van der Waals surface area contributed by atoms with E-state index >= 15 is 0 Å². The van der Waals surface area contributed by atoms with E-state index in [1.165, 1.54) is 0 Å². The molecule has 1 atom stereocenters. The zero-order valence-corrected chi connectivity index (χ0v) is 14.3. The topological polar surface area (TPSA) is 55.8 Å². The molecule has 1 heterocycles. The second-order valence-corrected chi connectivity index (χ2v) is 7.19. The van der Waals surface area contributed by atoms with E-state index in [4.69, 9.17) is 9.31 Å². The Bertz CT molecular complexity index is 564. The first kappa shape index (κ1) is 17.0. The summed E-state index contributed by atoms with van der Waals surface area (Å²) in [5, 5.41) is 9.30. The SMILES string of the molecule is Cc1ccc(C(CC(=O)O)B2OC(C)(C)C(C)(C)O2)c(C)c1. The highest BCUT2D eigenvalue weighted by Crippen LogP contribution is 2.42. The van der Waals surface area contributed by atoms with Crippen LogP contribution in [0.25, 0.3) is 0 Å². The lowest BCUT2D eigenvalue weighted by Gasteiger charge is -2.32. The van der Waals surface area contributed by atoms with E-state index in [9.17, 15) is 9.90 Å². The lowest BCUT2D eigenvalue weighted by atomic mass is 9.65. The number of aryl methyl sites for hydroxylation is 2. The Balaban J connectivity index is 2.38. The number of hydrogen-bond acceptors (Lipinski definition) is 3. The minimum absolute atomic E-state index is 0.0132. The summed E-state index contributed by atoms with van der Waals surface area (Å²) in [6.45, 7) is 11.9. The van der Waals surface area contributed by atoms with Crippen LogP contribution in [0.2, 0.25) is 0 Å². The zero-order chi connectivity index (χ0) is 16.7. The summed E-state index contributed by atoms with van der Waals surface area (Å²) in [5.41, 5.74) is 2.27. The van der Waals surface area contributed by atoms with Crippen molar-refractivity contribution in [2.24, 2.45) is 0 Å². The fourth-order valence-corrected chi connectivity index (χ4v) is 2.84. The molecule has 1 N–H and O–H groups in total. The van der Waals surface area contributed by atoms with Crippen molar-refractivity contribution in [3.8, 4) is 0 Å². The number of rotatable bonds is 4. The predicted octanol–water partition coefficient (Wildman–Crippen LogP) is 3.49. The molecule has 5 heteroatoms. The molecule has 0 radical (unpaired) electrons. The van der Waals surface area contributed by atoms with Crippen molar-refractivity contribution in [2.75, 3.05) is 0 Å². The van der Waals surface area contributed by atoms with E-state index in [1.54, 1.807) is 0 Å². The standard InChI is InChI=1S/C17H25BO4/c1-11-7-8-13(12(2)9-11)14(10-15(19)20)18-21-16(3,4)17(5,6)22-18/h7-9,14H,10H2,1-6H3,(H,19,20). The zero-order valence-electron chi connectivity index (χ0n) is 14.3. The number of carboxylic acid groups (broad SMARTS) is 1. The van der Waals surface area contributed by atoms with Crippen LogP contribution in [0.1, 0.15) is 56.6 Å². The third-order valence-corrected chi connectivity index (χ3v) is 4.82. The van der Waals surface area contributed by atoms with Gasteiger partial charge in [0.15, 0.2) is 0 Å². The van der Waals surface area contributed by atoms with Gasteiger partial charge in [-0.1, -0.05) is 23.8 Å². The molecule has 0 bridgehead atoms. The van der Waals surface area contributed by atoms with E-state index in [0.717, 1.165) is 16.7 Å². The minimum Gasteiger partial charge on any atom is -0.481 e. The molecular formula is C17H25BO4. The summed E-state index contributed by atoms with van der Waals surface area (Å²) in [7, 11) is -0.553. The van der Waals surface area contributed by atoms with E-state index < -0.39 is 24.3 Å². The molecule has 0 spiro atoms. The third kappa shape index (κ3) is 3.20. The molecule has 1 unspecified atom stereocenters. The number of hydrogen-bond donors (Lipinski definition) is 1. The first-order chi connectivity index (χ1) is 10.0. The van der Waals surface area contributed by atoms with Crippen LogP contribution < -0.4 is 0 Å². The summed E-state index contributed by atoms with van der Waals surface area (Å²) in [5.74, 6) is -1.17. The van der Waals surface area contributed by atoms with Gasteiger partial charge in [0.25, 0.3) is 0 Å². The Labute approximate surface area is 133 Å². The van der Waals surface area contributed by atoms with Crippen LogP contribution in [0, 0.1) is 13.8 Å². The highest BCUT2D eigenvalue weighted by Gasteiger charge is 2.54. The van der Waals surface area contributed by atoms with Crippen LogP contribution in [0.3, 0.4) is 0 Å². The molecule has 1 aliphatic heterocycles. The lowest BCUT2D eigenvalue weighted by molar-refractivity contribution is -0.137. The Morgan fingerprint density at radius 2 is 1.73 bits per heavy atom. The van der Waals surface area contributed by atoms with Gasteiger partial charge in [-0.2, -0.15) is 0 Å². The largest absolute Gasteiger partial charge is 0.481 e. The summed E-state index contributed by atoms with van der Waals surface area (Å²) < 4.78 is 12.2. The second kappa shape index (κ2) is 5.71. The molecule has 0 aromatic heterocycles. The lowest BCUT2D eigenvalue weighted by Crippen LogP contribution is -2.41. The molecule has 0 aliphatic carbocycles. The van der Waals surface area contributed by atoms with Gasteiger partial charge in [-0.3, -0.25) is 4.79 Å². The predicted molar refractivity (Wildman–Crippen MR) is 87.0 cm³/mol. The van der Waals surface area contributed by atoms with E-state index in [2.05, 4.69) is 6.07 Å². The number of carboxylic acids is 1. The highest BCUT2D eigenvalue weighted by molar-refractivity contribution is 6.48. The molecular weight excluding hydrogens is 279 g/mol. The van der Waals surface area contributed by atoms with Gasteiger partial charge in [-0.25, -0.2) is 0 Å². The summed E-state index contributed by atoms with van der Waals surface area (Å²) in [6.07, 6.45) is -0.0132. The molecule has 1 fully saturated rings. The number of benzene rings is 1. The molecule has 4 nitrogen and oxygen atoms in total. The van der Waals surface area contributed by atoms with Crippen molar-refractivity contribution >= 4 is 13.1 Å². The van der Waals surface area contributed by atoms with Crippen LogP contribution in [-0.2, 0) is 14.1 Å². The smallest absolute Gasteiger partial charge is 0.466 e. The maximum absolute atomic E-state index is 11.3. The summed E-state index contributed by atoms with van der Waals surface area (Å²) in [6, 6.07) is 6.06. The van der Waals surface area contributed by atoms with Gasteiger partial charge < -0.3 is 14.4 Å². The molecule has 1 saturated heterocycles. The van der Waals surface area contributed by atoms with Crippen molar-refractivity contribution in [2.45, 2.75) is 65.0 Å². The molecule has 2 rings (SSSR count). The van der Waals surface area contributed by atoms with Gasteiger partial charge in [0.05, 0.1) is 17.6 Å². The number of carbonyl (C=O) groups is 1. The summed E-state index contributed by atoms with van der Waals surface area (Å²) in [4.78, 5) is 11.3. The maximum atomic E-state index is 11.3. The van der Waals surface area contributed by atoms with Gasteiger partial charge >= 0.3 is 13.1 Å². The van der Waals surface area contributed by atoms with Gasteiger partial charge in [-0.15, -0.1) is 0 Å². The van der Waals surface area contributed by atoms with E-state index in [-0.39, 0.29) is 12.2 Å². The maximum Gasteiger partial charge on any atom is 0.466 e. The van der Waals surface area contributed by atoms with Crippen molar-refractivity contribution in [1.82, 2.24) is 0 Å². The average Bonchev–Trinajstić information content (AvgIpc) is 2.56. The molecule has 0 saturated carbocycles. The van der Waals surface area contributed by atoms with Gasteiger partial charge in [0, 0.05) is 5.82 Å². The Kier molecular flexibility index (Phi) is 4.42. The first-order valence-corrected chi connectivity index (χ1v) is 7.68. The van der Waals surface area contributed by atoms with Crippen LogP contribution in [0.4, 0.5) is 0 Å². The van der Waals surface area contributed by atoms with Crippen LogP contribution >= 0.6 is 0 Å². The van der Waals surface area contributed by atoms with Gasteiger partial charge in [0.2, 0.25) is 0 Å². The normalized spacial score (nSPS) is 20.9. The van der Waals surface area contributed by atoms with Crippen LogP contribution in [0.5, 0.6) is 0 Å². The number of aliphatic carboxylic acids is 1. The molecule has 0 amide bonds. The Morgan fingerprint density at radius 3 is 2.18 bits per heavy atom. The van der Waals surface area contributed by atoms with Crippen molar-refractivity contribution in [3.63, 3.8) is 0 Å². The minimum atomic E-state index is -0.848. The van der Waals surface area contributed by atoms with Crippen LogP contribution in [-0.4, -0.2) is 29.4 Å². The van der Waals surface area contributed by atoms with E-state index in [1.807, 2.05) is 53.7 Å². The van der Waals surface area contributed by atoms with E-state index in [0.29, 0.717) is 0 Å². The fourth-order valence-electron chi connectivity index (χ4n) is 2.84. The molecule has 1 aromatic rings. The average molecular weight is 304 g/mol. The van der Waals surface area contributed by atoms with Crippen LogP contribution in [0.15, 0.2) is 18.2 Å². The molecule has 22 heavy (non-hydrogen) atoms. The molecule has 1 aromatic carbocycles. The second-order valence-electron chi connectivity index (χ2n) is 7.19. The quantitative estimate of drug-likeness (QED) is 0.865. The Hall–Kier alpha value is -1.33.